The van der Waals surface area contributed by atoms with Gasteiger partial charge in [0.05, 0.1) is 12.2 Å². The highest BCUT2D eigenvalue weighted by Crippen LogP contribution is 2.22. The zero-order chi connectivity index (χ0) is 20.0. The molecule has 1 aliphatic carbocycles. The van der Waals surface area contributed by atoms with Gasteiger partial charge in [-0.3, -0.25) is 4.98 Å². The molecule has 0 spiro atoms. The van der Waals surface area contributed by atoms with E-state index in [2.05, 4.69) is 35.3 Å². The van der Waals surface area contributed by atoms with Crippen molar-refractivity contribution in [2.45, 2.75) is 18.9 Å². The van der Waals surface area contributed by atoms with Crippen LogP contribution >= 0.6 is 0 Å². The van der Waals surface area contributed by atoms with Gasteiger partial charge in [0, 0.05) is 10.9 Å². The smallest absolute Gasteiger partial charge is 0.326 e. The van der Waals surface area contributed by atoms with E-state index < -0.39 is 5.69 Å². The van der Waals surface area contributed by atoms with Gasteiger partial charge in [0.15, 0.2) is 5.65 Å². The van der Waals surface area contributed by atoms with Gasteiger partial charge in [0.2, 0.25) is 11.8 Å². The lowest BCUT2D eigenvalue weighted by atomic mass is 10.3. The van der Waals surface area contributed by atoms with Gasteiger partial charge in [-0.2, -0.15) is 19.6 Å². The predicted octanol–water partition coefficient (Wildman–Crippen LogP) is 0.340. The lowest BCUT2D eigenvalue weighted by molar-refractivity contribution is 0.454. The van der Waals surface area contributed by atoms with Crippen molar-refractivity contribution < 1.29 is 9.50 Å². The van der Waals surface area contributed by atoms with Crippen LogP contribution in [0.2, 0.25) is 0 Å². The van der Waals surface area contributed by atoms with Gasteiger partial charge < -0.3 is 15.4 Å². The second kappa shape index (κ2) is 6.55. The quantitative estimate of drug-likeness (QED) is 0.394. The molecule has 0 bridgehead atoms. The van der Waals surface area contributed by atoms with Gasteiger partial charge in [0.25, 0.3) is 5.62 Å². The summed E-state index contributed by atoms with van der Waals surface area (Å²) in [4.78, 5) is 29.6. The Morgan fingerprint density at radius 2 is 2.17 bits per heavy atom. The van der Waals surface area contributed by atoms with Crippen molar-refractivity contribution in [1.82, 2.24) is 29.5 Å². The molecule has 11 heteroatoms. The van der Waals surface area contributed by atoms with Crippen molar-refractivity contribution in [3.8, 4) is 5.88 Å². The molecule has 0 aliphatic heterocycles. The normalized spacial score (nSPS) is 15.3. The Morgan fingerprint density at radius 3 is 2.90 bits per heavy atom. The van der Waals surface area contributed by atoms with Crippen LogP contribution < -0.4 is 21.8 Å². The first-order valence-electron chi connectivity index (χ1n) is 8.90. The number of hydrogen-bond acceptors (Lipinski definition) is 7. The number of hydrogen-bond donors (Lipinski definition) is 4. The molecule has 3 aromatic heterocycles. The van der Waals surface area contributed by atoms with Gasteiger partial charge in [-0.05, 0) is 37.1 Å². The number of nitrogens with one attached hydrogen (secondary N) is 3. The number of anilines is 2. The molecule has 1 aliphatic rings. The fourth-order valence-corrected chi connectivity index (χ4v) is 2.83. The predicted molar refractivity (Wildman–Crippen MR) is 101 cm³/mol. The lowest BCUT2D eigenvalue weighted by Crippen LogP contribution is -2.24. The standard InChI is InChI=1S/C18H15FN8O2/c19-10-2-1-3-12(7-10)21-16-24-14-9(6-13-15(28)25-18(29)23-13)8-20-27(14)17(26-16)22-11-4-5-11/h1-3,6-8,11,28H,4-5H2,(H,21,22,26)(H2,23,25,29)/b9-6+. The van der Waals surface area contributed by atoms with E-state index >= 15 is 0 Å². The first-order valence-corrected chi connectivity index (χ1v) is 8.90. The van der Waals surface area contributed by atoms with Crippen molar-refractivity contribution in [2.24, 2.45) is 4.99 Å². The third-order valence-corrected chi connectivity index (χ3v) is 4.34. The average Bonchev–Trinajstić information content (AvgIpc) is 3.31. The van der Waals surface area contributed by atoms with Crippen LogP contribution in [-0.2, 0) is 0 Å². The second-order valence-electron chi connectivity index (χ2n) is 6.66. The number of aromatic amines is 2. The molecular weight excluding hydrogens is 379 g/mol. The molecule has 3 heterocycles. The van der Waals surface area contributed by atoms with Gasteiger partial charge >= 0.3 is 5.69 Å². The number of nitrogens with zero attached hydrogens (tertiary/aromatic N) is 5. The Bertz CT molecular complexity index is 1400. The van der Waals surface area contributed by atoms with Gasteiger partial charge in [0.1, 0.15) is 11.5 Å². The number of halogens is 1. The zero-order valence-corrected chi connectivity index (χ0v) is 14.9. The molecule has 1 saturated carbocycles. The van der Waals surface area contributed by atoms with E-state index in [1.807, 2.05) is 0 Å². The molecule has 0 unspecified atom stereocenters. The molecular formula is C18H15FN8O2. The summed E-state index contributed by atoms with van der Waals surface area (Å²) < 4.78 is 15.0. The summed E-state index contributed by atoms with van der Waals surface area (Å²) in [5, 5.41) is 17.6. The monoisotopic (exact) mass is 394 g/mol. The SMILES string of the molecule is O=c1[nH]c(O)c(/C=c2\cnn3c(=NC4CC4)nc(Nc4cccc(F)c4)nc23)[nH]1. The maximum absolute atomic E-state index is 13.5. The van der Waals surface area contributed by atoms with Crippen LogP contribution in [0.5, 0.6) is 5.88 Å². The van der Waals surface area contributed by atoms with Crippen molar-refractivity contribution in [1.29, 1.82) is 0 Å². The molecule has 0 saturated heterocycles. The van der Waals surface area contributed by atoms with Crippen molar-refractivity contribution in [3.05, 3.63) is 63.3 Å². The van der Waals surface area contributed by atoms with Gasteiger partial charge in [-0.15, -0.1) is 0 Å². The summed E-state index contributed by atoms with van der Waals surface area (Å²) in [5.74, 6) is -0.446. The van der Waals surface area contributed by atoms with E-state index in [9.17, 15) is 14.3 Å². The number of aromatic hydroxyl groups is 1. The molecule has 1 fully saturated rings. The fraction of sp³-hybridized carbons (Fsp3) is 0.167. The Balaban J connectivity index is 1.68. The minimum absolute atomic E-state index is 0.192. The number of benzene rings is 1. The molecule has 4 aromatic rings. The van der Waals surface area contributed by atoms with Crippen molar-refractivity contribution >= 4 is 23.4 Å². The van der Waals surface area contributed by atoms with Crippen LogP contribution in [-0.4, -0.2) is 40.7 Å². The number of imidazole rings is 1. The van der Waals surface area contributed by atoms with E-state index in [0.29, 0.717) is 22.2 Å². The third kappa shape index (κ3) is 3.45. The van der Waals surface area contributed by atoms with Crippen LogP contribution in [0.3, 0.4) is 0 Å². The van der Waals surface area contributed by atoms with Gasteiger partial charge in [-0.1, -0.05) is 6.07 Å². The molecule has 0 atom stereocenters. The minimum Gasteiger partial charge on any atom is -0.493 e. The summed E-state index contributed by atoms with van der Waals surface area (Å²) in [6, 6.07) is 6.14. The zero-order valence-electron chi connectivity index (χ0n) is 14.9. The van der Waals surface area contributed by atoms with Gasteiger partial charge in [-0.25, -0.2) is 14.2 Å². The molecule has 0 radical (unpaired) electrons. The molecule has 29 heavy (non-hydrogen) atoms. The first kappa shape index (κ1) is 17.1. The van der Waals surface area contributed by atoms with Crippen LogP contribution in [0.25, 0.3) is 11.7 Å². The van der Waals surface area contributed by atoms with Crippen LogP contribution in [0, 0.1) is 5.82 Å². The van der Waals surface area contributed by atoms with Crippen LogP contribution in [0.4, 0.5) is 16.0 Å². The third-order valence-electron chi connectivity index (χ3n) is 4.34. The summed E-state index contributed by atoms with van der Waals surface area (Å²) in [6.07, 6.45) is 5.04. The fourth-order valence-electron chi connectivity index (χ4n) is 2.83. The van der Waals surface area contributed by atoms with Crippen LogP contribution in [0.1, 0.15) is 18.5 Å². The van der Waals surface area contributed by atoms with E-state index in [4.69, 9.17) is 0 Å². The summed E-state index contributed by atoms with van der Waals surface area (Å²) in [6.45, 7) is 0. The number of fused-ring (bicyclic) bond motifs is 1. The maximum atomic E-state index is 13.5. The number of aromatic nitrogens is 6. The summed E-state index contributed by atoms with van der Waals surface area (Å²) in [7, 11) is 0. The Hall–Kier alpha value is -4.02. The van der Waals surface area contributed by atoms with Crippen molar-refractivity contribution in [2.75, 3.05) is 5.32 Å². The Morgan fingerprint density at radius 1 is 1.31 bits per heavy atom. The van der Waals surface area contributed by atoms with E-state index in [1.165, 1.54) is 28.9 Å². The summed E-state index contributed by atoms with van der Waals surface area (Å²) in [5.41, 5.74) is 0.938. The molecule has 1 aromatic carbocycles. The van der Waals surface area contributed by atoms with Crippen molar-refractivity contribution in [3.63, 3.8) is 0 Å². The molecule has 10 nitrogen and oxygen atoms in total. The second-order valence-corrected chi connectivity index (χ2v) is 6.66. The van der Waals surface area contributed by atoms with E-state index in [0.717, 1.165) is 12.8 Å². The first-order chi connectivity index (χ1) is 14.0. The minimum atomic E-state index is -0.530. The highest BCUT2D eigenvalue weighted by molar-refractivity contribution is 5.59. The lowest BCUT2D eigenvalue weighted by Gasteiger charge is -2.05. The average molecular weight is 394 g/mol. The highest BCUT2D eigenvalue weighted by atomic mass is 19.1. The number of rotatable bonds is 4. The maximum Gasteiger partial charge on any atom is 0.326 e. The van der Waals surface area contributed by atoms with Crippen LogP contribution in [0.15, 0.2) is 40.2 Å². The largest absolute Gasteiger partial charge is 0.493 e. The Labute approximate surface area is 161 Å². The molecule has 4 N–H and O–H groups in total. The molecule has 146 valence electrons. The number of H-pyrrole nitrogens is 2. The molecule has 0 amide bonds. The topological polar surface area (TPSA) is 136 Å². The molecule has 5 rings (SSSR count). The highest BCUT2D eigenvalue weighted by Gasteiger charge is 2.21. The Kier molecular flexibility index (Phi) is 3.86. The van der Waals surface area contributed by atoms with E-state index in [1.54, 1.807) is 12.1 Å². The summed E-state index contributed by atoms with van der Waals surface area (Å²) >= 11 is 0. The van der Waals surface area contributed by atoms with E-state index in [-0.39, 0.29) is 29.4 Å².